The average molecular weight is 208 g/mol. The lowest BCUT2D eigenvalue weighted by Crippen LogP contribution is -2.58. The Morgan fingerprint density at radius 3 is 2.53 bits per heavy atom. The molecule has 0 aromatic heterocycles. The smallest absolute Gasteiger partial charge is 0.246 e. The van der Waals surface area contributed by atoms with Gasteiger partial charge in [-0.1, -0.05) is 6.58 Å². The van der Waals surface area contributed by atoms with E-state index in [-0.39, 0.29) is 11.4 Å². The van der Waals surface area contributed by atoms with Crippen LogP contribution in [0.2, 0.25) is 0 Å². The molecule has 15 heavy (non-hydrogen) atoms. The van der Waals surface area contributed by atoms with E-state index < -0.39 is 0 Å². The molecule has 3 heteroatoms. The van der Waals surface area contributed by atoms with E-state index in [0.29, 0.717) is 6.04 Å². The second kappa shape index (κ2) is 3.63. The van der Waals surface area contributed by atoms with E-state index in [2.05, 4.69) is 25.3 Å². The van der Waals surface area contributed by atoms with E-state index in [9.17, 15) is 4.79 Å². The predicted octanol–water partition coefficient (Wildman–Crippen LogP) is 1.26. The summed E-state index contributed by atoms with van der Waals surface area (Å²) in [6.45, 7) is 10.9. The van der Waals surface area contributed by atoms with Gasteiger partial charge in [0.2, 0.25) is 5.91 Å². The Hall–Kier alpha value is -0.830. The standard InChI is InChI=1S/C12H20N2O/c1-4-11(15)14-8-7-13(10(2)3)9-12(14)5-6-12/h4,10H,1,5-9H2,2-3H3. The maximum atomic E-state index is 11.7. The summed E-state index contributed by atoms with van der Waals surface area (Å²) in [5.41, 5.74) is 0.161. The van der Waals surface area contributed by atoms with Gasteiger partial charge in [-0.25, -0.2) is 0 Å². The maximum Gasteiger partial charge on any atom is 0.246 e. The molecule has 0 aromatic carbocycles. The number of piperazine rings is 1. The van der Waals surface area contributed by atoms with Crippen molar-refractivity contribution in [3.63, 3.8) is 0 Å². The summed E-state index contributed by atoms with van der Waals surface area (Å²) in [4.78, 5) is 16.2. The van der Waals surface area contributed by atoms with Gasteiger partial charge in [0.1, 0.15) is 0 Å². The van der Waals surface area contributed by atoms with Gasteiger partial charge in [-0.3, -0.25) is 9.69 Å². The lowest BCUT2D eigenvalue weighted by molar-refractivity contribution is -0.132. The number of carbonyl (C=O) groups excluding carboxylic acids is 1. The molecule has 0 N–H and O–H groups in total. The van der Waals surface area contributed by atoms with Gasteiger partial charge >= 0.3 is 0 Å². The third-order valence-corrected chi connectivity index (χ3v) is 3.68. The Morgan fingerprint density at radius 2 is 2.07 bits per heavy atom. The lowest BCUT2D eigenvalue weighted by Gasteiger charge is -2.43. The molecule has 0 unspecified atom stereocenters. The van der Waals surface area contributed by atoms with Gasteiger partial charge in [0.25, 0.3) is 0 Å². The molecule has 0 bridgehead atoms. The summed E-state index contributed by atoms with van der Waals surface area (Å²) in [6, 6.07) is 0.587. The summed E-state index contributed by atoms with van der Waals surface area (Å²) < 4.78 is 0. The highest BCUT2D eigenvalue weighted by Crippen LogP contribution is 2.44. The molecule has 3 nitrogen and oxygen atoms in total. The zero-order valence-electron chi connectivity index (χ0n) is 9.70. The fraction of sp³-hybridized carbons (Fsp3) is 0.750. The molecule has 0 atom stereocenters. The van der Waals surface area contributed by atoms with Crippen molar-refractivity contribution in [3.05, 3.63) is 12.7 Å². The summed E-state index contributed by atoms with van der Waals surface area (Å²) in [6.07, 6.45) is 3.77. The first kappa shape index (κ1) is 10.7. The quantitative estimate of drug-likeness (QED) is 0.638. The van der Waals surface area contributed by atoms with Crippen LogP contribution in [0, 0.1) is 0 Å². The Kier molecular flexibility index (Phi) is 2.59. The summed E-state index contributed by atoms with van der Waals surface area (Å²) >= 11 is 0. The van der Waals surface area contributed by atoms with E-state index in [0.717, 1.165) is 32.5 Å². The monoisotopic (exact) mass is 208 g/mol. The second-order valence-corrected chi connectivity index (χ2v) is 4.98. The maximum absolute atomic E-state index is 11.7. The highest BCUT2D eigenvalue weighted by molar-refractivity contribution is 5.88. The third-order valence-electron chi connectivity index (χ3n) is 3.68. The van der Waals surface area contributed by atoms with Gasteiger partial charge in [0, 0.05) is 25.7 Å². The molecular formula is C12H20N2O. The van der Waals surface area contributed by atoms with Gasteiger partial charge in [-0.2, -0.15) is 0 Å². The topological polar surface area (TPSA) is 23.6 Å². The number of rotatable bonds is 2. The number of hydrogen-bond donors (Lipinski definition) is 0. The highest BCUT2D eigenvalue weighted by atomic mass is 16.2. The lowest BCUT2D eigenvalue weighted by atomic mass is 10.1. The minimum Gasteiger partial charge on any atom is -0.331 e. The molecule has 0 aromatic rings. The van der Waals surface area contributed by atoms with Crippen LogP contribution in [0.5, 0.6) is 0 Å². The van der Waals surface area contributed by atoms with E-state index in [1.165, 1.54) is 6.08 Å². The van der Waals surface area contributed by atoms with Crippen molar-refractivity contribution in [1.29, 1.82) is 0 Å². The highest BCUT2D eigenvalue weighted by Gasteiger charge is 2.52. The number of carbonyl (C=O) groups is 1. The molecule has 1 aliphatic heterocycles. The number of amides is 1. The Labute approximate surface area is 91.7 Å². The van der Waals surface area contributed by atoms with Crippen molar-refractivity contribution >= 4 is 5.91 Å². The minimum atomic E-state index is 0.107. The normalized spacial score (nSPS) is 24.6. The first-order valence-electron chi connectivity index (χ1n) is 5.77. The first-order chi connectivity index (χ1) is 7.09. The van der Waals surface area contributed by atoms with Gasteiger partial charge in [0.05, 0.1) is 5.54 Å². The zero-order chi connectivity index (χ0) is 11.1. The average Bonchev–Trinajstić information content (AvgIpc) is 2.97. The molecule has 1 spiro atoms. The van der Waals surface area contributed by atoms with Crippen LogP contribution in [0.15, 0.2) is 12.7 Å². The van der Waals surface area contributed by atoms with Gasteiger partial charge in [-0.15, -0.1) is 0 Å². The molecule has 1 heterocycles. The molecule has 1 saturated heterocycles. The van der Waals surface area contributed by atoms with Gasteiger partial charge in [0.15, 0.2) is 0 Å². The molecule has 2 rings (SSSR count). The largest absolute Gasteiger partial charge is 0.331 e. The van der Waals surface area contributed by atoms with E-state index in [4.69, 9.17) is 0 Å². The molecule has 1 aliphatic carbocycles. The van der Waals surface area contributed by atoms with Crippen LogP contribution < -0.4 is 0 Å². The van der Waals surface area contributed by atoms with Gasteiger partial charge in [-0.05, 0) is 32.8 Å². The second-order valence-electron chi connectivity index (χ2n) is 4.98. The summed E-state index contributed by atoms with van der Waals surface area (Å²) in [5.74, 6) is 0.107. The Balaban J connectivity index is 2.07. The van der Waals surface area contributed by atoms with E-state index in [1.807, 2.05) is 4.90 Å². The van der Waals surface area contributed by atoms with Crippen molar-refractivity contribution in [1.82, 2.24) is 9.80 Å². The molecule has 2 aliphatic rings. The van der Waals surface area contributed by atoms with Crippen LogP contribution in [-0.4, -0.2) is 46.9 Å². The summed E-state index contributed by atoms with van der Waals surface area (Å²) in [5, 5.41) is 0. The van der Waals surface area contributed by atoms with Crippen LogP contribution in [0.1, 0.15) is 26.7 Å². The fourth-order valence-electron chi connectivity index (χ4n) is 2.48. The molecule has 2 fully saturated rings. The van der Waals surface area contributed by atoms with Crippen molar-refractivity contribution in [2.45, 2.75) is 38.3 Å². The van der Waals surface area contributed by atoms with Crippen molar-refractivity contribution in [2.75, 3.05) is 19.6 Å². The van der Waals surface area contributed by atoms with Crippen LogP contribution in [0.3, 0.4) is 0 Å². The van der Waals surface area contributed by atoms with Crippen LogP contribution in [0.25, 0.3) is 0 Å². The summed E-state index contributed by atoms with van der Waals surface area (Å²) in [7, 11) is 0. The van der Waals surface area contributed by atoms with Crippen LogP contribution >= 0.6 is 0 Å². The zero-order valence-corrected chi connectivity index (χ0v) is 9.70. The van der Waals surface area contributed by atoms with E-state index in [1.54, 1.807) is 0 Å². The van der Waals surface area contributed by atoms with E-state index >= 15 is 0 Å². The van der Waals surface area contributed by atoms with Crippen LogP contribution in [-0.2, 0) is 4.79 Å². The van der Waals surface area contributed by atoms with Crippen LogP contribution in [0.4, 0.5) is 0 Å². The number of hydrogen-bond acceptors (Lipinski definition) is 2. The van der Waals surface area contributed by atoms with Crippen molar-refractivity contribution in [2.24, 2.45) is 0 Å². The SMILES string of the molecule is C=CC(=O)N1CCN(C(C)C)CC12CC2. The number of nitrogens with zero attached hydrogens (tertiary/aromatic N) is 2. The minimum absolute atomic E-state index is 0.107. The van der Waals surface area contributed by atoms with Gasteiger partial charge < -0.3 is 4.90 Å². The molecule has 1 amide bonds. The first-order valence-corrected chi connectivity index (χ1v) is 5.77. The Bertz CT molecular complexity index is 281. The molecule has 0 radical (unpaired) electrons. The fourth-order valence-corrected chi connectivity index (χ4v) is 2.48. The van der Waals surface area contributed by atoms with Crippen molar-refractivity contribution in [3.8, 4) is 0 Å². The predicted molar refractivity (Wildman–Crippen MR) is 60.6 cm³/mol. The molecule has 1 saturated carbocycles. The Morgan fingerprint density at radius 1 is 1.40 bits per heavy atom. The molecule has 84 valence electrons. The van der Waals surface area contributed by atoms with Crippen molar-refractivity contribution < 1.29 is 4.79 Å². The molecular weight excluding hydrogens is 188 g/mol. The third kappa shape index (κ3) is 1.81.